The summed E-state index contributed by atoms with van der Waals surface area (Å²) in [5.74, 6) is -7.43. The highest BCUT2D eigenvalue weighted by atomic mass is 32.2. The van der Waals surface area contributed by atoms with Crippen molar-refractivity contribution in [3.8, 4) is 0 Å². The van der Waals surface area contributed by atoms with E-state index in [9.17, 15) is 47.1 Å². The summed E-state index contributed by atoms with van der Waals surface area (Å²) in [6.07, 6.45) is -1.95. The molecule has 1 aliphatic carbocycles. The number of rotatable bonds is 29. The van der Waals surface area contributed by atoms with Gasteiger partial charge in [-0.3, -0.25) is 33.6 Å². The molecule has 16 nitrogen and oxygen atoms in total. The third-order valence-corrected chi connectivity index (χ3v) is 10.7. The summed E-state index contributed by atoms with van der Waals surface area (Å²) in [6.45, 7) is 1.24. The molecule has 5 unspecified atom stereocenters. The summed E-state index contributed by atoms with van der Waals surface area (Å²) in [7, 11) is -2.32. The first-order chi connectivity index (χ1) is 25.5. The molecule has 0 radical (unpaired) electrons. The van der Waals surface area contributed by atoms with Gasteiger partial charge < -0.3 is 34.3 Å². The van der Waals surface area contributed by atoms with Crippen molar-refractivity contribution in [2.24, 2.45) is 5.92 Å². The zero-order valence-electron chi connectivity index (χ0n) is 30.8. The third-order valence-electron chi connectivity index (χ3n) is 8.94. The molecule has 1 aliphatic rings. The molecule has 1 aromatic rings. The normalized spacial score (nSPS) is 18.1. The fourth-order valence-electron chi connectivity index (χ4n) is 6.05. The number of carbonyl (C=O) groups is 7. The molecule has 17 heteroatoms. The number of esters is 3. The van der Waals surface area contributed by atoms with Crippen molar-refractivity contribution in [3.63, 3.8) is 0 Å². The van der Waals surface area contributed by atoms with E-state index in [2.05, 4.69) is 0 Å². The van der Waals surface area contributed by atoms with Crippen LogP contribution in [0.25, 0.3) is 0 Å². The number of ether oxygens (including phenoxy) is 4. The Bertz CT molecular complexity index is 1540. The molecule has 3 N–H and O–H groups in total. The van der Waals surface area contributed by atoms with E-state index in [-0.39, 0.29) is 80.6 Å². The van der Waals surface area contributed by atoms with E-state index in [1.165, 1.54) is 26.2 Å². The van der Waals surface area contributed by atoms with Gasteiger partial charge in [0.15, 0.2) is 9.84 Å². The van der Waals surface area contributed by atoms with Crippen LogP contribution in [0.1, 0.15) is 110 Å². The number of carboxylic acids is 3. The van der Waals surface area contributed by atoms with Crippen LogP contribution in [0.15, 0.2) is 35.2 Å². The summed E-state index contributed by atoms with van der Waals surface area (Å²) < 4.78 is 47.5. The first-order valence-corrected chi connectivity index (χ1v) is 19.7. The Labute approximate surface area is 314 Å². The molecule has 0 aromatic heterocycles. The van der Waals surface area contributed by atoms with Gasteiger partial charge in [-0.2, -0.15) is 0 Å². The number of carbonyl (C=O) groups excluding carboxylic acids is 4. The van der Waals surface area contributed by atoms with E-state index in [0.717, 1.165) is 0 Å². The minimum Gasteiger partial charge on any atom is -0.481 e. The lowest BCUT2D eigenvalue weighted by atomic mass is 10.0. The van der Waals surface area contributed by atoms with Crippen LogP contribution in [-0.4, -0.2) is 102 Å². The largest absolute Gasteiger partial charge is 0.481 e. The van der Waals surface area contributed by atoms with Crippen molar-refractivity contribution in [1.82, 2.24) is 0 Å². The smallest absolute Gasteiger partial charge is 0.310 e. The maximum atomic E-state index is 13.2. The quantitative estimate of drug-likeness (QED) is 0.0582. The standard InChI is InChI=1S/C37H52O16S/c1-25(38)23-37(24-30(37)36(46)47)53-35(45)22-28(13-10-11-17-32(41)42)52-34(44)21-27(12-6-3-4-9-16-31(39)40)51-33(43)20-26(50-2)18-19-54(48,49)29-14-7-5-8-15-29/h5,7-8,14-15,26-28,30H,3-4,6,9-13,16-24H2,1-2H3,(H,39,40)(H,41,42)(H,46,47). The Kier molecular flexibility index (Phi) is 19.3. The fraction of sp³-hybridized carbons (Fsp3) is 0.649. The molecule has 0 spiro atoms. The Balaban J connectivity index is 2.10. The Morgan fingerprint density at radius 2 is 1.22 bits per heavy atom. The summed E-state index contributed by atoms with van der Waals surface area (Å²) in [6, 6.07) is 7.81. The van der Waals surface area contributed by atoms with Gasteiger partial charge in [-0.25, -0.2) is 8.42 Å². The highest BCUT2D eigenvalue weighted by Gasteiger charge is 2.62. The lowest BCUT2D eigenvalue weighted by Crippen LogP contribution is -2.31. The van der Waals surface area contributed by atoms with Gasteiger partial charge in [-0.1, -0.05) is 31.0 Å². The maximum Gasteiger partial charge on any atom is 0.310 e. The molecule has 302 valence electrons. The van der Waals surface area contributed by atoms with Crippen molar-refractivity contribution in [3.05, 3.63) is 30.3 Å². The number of Topliss-reactive ketones (excluding diaryl/α,β-unsaturated/α-hetero) is 1. The minimum atomic E-state index is -3.65. The van der Waals surface area contributed by atoms with Gasteiger partial charge in [0.2, 0.25) is 0 Å². The van der Waals surface area contributed by atoms with E-state index < -0.39 is 88.3 Å². The minimum absolute atomic E-state index is 0.00768. The van der Waals surface area contributed by atoms with Gasteiger partial charge in [0, 0.05) is 32.8 Å². The maximum absolute atomic E-state index is 13.2. The lowest BCUT2D eigenvalue weighted by molar-refractivity contribution is -0.164. The molecule has 0 bridgehead atoms. The highest BCUT2D eigenvalue weighted by Crippen LogP contribution is 2.50. The van der Waals surface area contributed by atoms with Crippen LogP contribution in [0.4, 0.5) is 0 Å². The number of sulfone groups is 1. The average molecular weight is 785 g/mol. The average Bonchev–Trinajstić information content (AvgIpc) is 3.78. The number of ketones is 1. The van der Waals surface area contributed by atoms with Crippen LogP contribution in [0.5, 0.6) is 0 Å². The molecule has 1 fully saturated rings. The molecule has 1 aromatic carbocycles. The molecular formula is C37H52O16S. The SMILES string of the molecule is COC(CCS(=O)(=O)c1ccccc1)CC(=O)OC(CCCCCCC(=O)O)CC(=O)OC(CCCCC(=O)O)CC(=O)OC1(CC(C)=O)CC1C(=O)O. The van der Waals surface area contributed by atoms with Crippen LogP contribution in [0, 0.1) is 5.92 Å². The molecular weight excluding hydrogens is 732 g/mol. The number of unbranched alkanes of at least 4 members (excludes halogenated alkanes) is 4. The fourth-order valence-corrected chi connectivity index (χ4v) is 7.43. The molecule has 0 aliphatic heterocycles. The van der Waals surface area contributed by atoms with Gasteiger partial charge in [-0.15, -0.1) is 0 Å². The van der Waals surface area contributed by atoms with E-state index >= 15 is 0 Å². The van der Waals surface area contributed by atoms with E-state index in [1.807, 2.05) is 0 Å². The summed E-state index contributed by atoms with van der Waals surface area (Å²) in [4.78, 5) is 84.6. The zero-order valence-corrected chi connectivity index (χ0v) is 31.6. The molecule has 0 amide bonds. The van der Waals surface area contributed by atoms with Gasteiger partial charge >= 0.3 is 35.8 Å². The second-order valence-corrected chi connectivity index (χ2v) is 15.7. The van der Waals surface area contributed by atoms with E-state index in [4.69, 9.17) is 29.2 Å². The van der Waals surface area contributed by atoms with Crippen LogP contribution < -0.4 is 0 Å². The topological polar surface area (TPSA) is 251 Å². The molecule has 54 heavy (non-hydrogen) atoms. The summed E-state index contributed by atoms with van der Waals surface area (Å²) in [5, 5.41) is 27.3. The number of carboxylic acid groups (broad SMARTS) is 3. The Hall–Kier alpha value is -4.38. The van der Waals surface area contributed by atoms with E-state index in [0.29, 0.717) is 25.7 Å². The van der Waals surface area contributed by atoms with E-state index in [1.54, 1.807) is 18.2 Å². The zero-order chi connectivity index (χ0) is 40.3. The van der Waals surface area contributed by atoms with Crippen molar-refractivity contribution in [2.75, 3.05) is 12.9 Å². The number of benzene rings is 1. The molecule has 5 atom stereocenters. The van der Waals surface area contributed by atoms with Crippen LogP contribution >= 0.6 is 0 Å². The number of methoxy groups -OCH3 is 1. The van der Waals surface area contributed by atoms with Crippen LogP contribution in [0.3, 0.4) is 0 Å². The second kappa shape index (κ2) is 22.7. The van der Waals surface area contributed by atoms with Crippen molar-refractivity contribution in [1.29, 1.82) is 0 Å². The van der Waals surface area contributed by atoms with Gasteiger partial charge in [0.1, 0.15) is 29.5 Å². The van der Waals surface area contributed by atoms with Crippen LogP contribution in [0.2, 0.25) is 0 Å². The first-order valence-electron chi connectivity index (χ1n) is 18.0. The monoisotopic (exact) mass is 784 g/mol. The molecule has 1 saturated carbocycles. The highest BCUT2D eigenvalue weighted by molar-refractivity contribution is 7.91. The van der Waals surface area contributed by atoms with Crippen molar-refractivity contribution in [2.45, 2.75) is 138 Å². The Morgan fingerprint density at radius 1 is 0.722 bits per heavy atom. The number of aliphatic carboxylic acids is 3. The third kappa shape index (κ3) is 17.6. The number of hydrogen-bond acceptors (Lipinski definition) is 13. The molecule has 0 heterocycles. The van der Waals surface area contributed by atoms with Gasteiger partial charge in [0.05, 0.1) is 36.0 Å². The predicted molar refractivity (Wildman–Crippen MR) is 189 cm³/mol. The summed E-state index contributed by atoms with van der Waals surface area (Å²) >= 11 is 0. The molecule has 2 rings (SSSR count). The van der Waals surface area contributed by atoms with Crippen molar-refractivity contribution >= 4 is 51.4 Å². The summed E-state index contributed by atoms with van der Waals surface area (Å²) in [5.41, 5.74) is -1.50. The Morgan fingerprint density at radius 3 is 1.72 bits per heavy atom. The van der Waals surface area contributed by atoms with Gasteiger partial charge in [0.25, 0.3) is 0 Å². The van der Waals surface area contributed by atoms with Crippen molar-refractivity contribution < 1.29 is 76.2 Å². The first kappa shape index (κ1) is 45.8. The lowest BCUT2D eigenvalue weighted by Gasteiger charge is -2.23. The molecule has 0 saturated heterocycles. The predicted octanol–water partition coefficient (Wildman–Crippen LogP) is 4.30. The second-order valence-electron chi connectivity index (χ2n) is 13.6. The van der Waals surface area contributed by atoms with Gasteiger partial charge in [-0.05, 0) is 64.0 Å². The number of hydrogen-bond donors (Lipinski definition) is 3. The van der Waals surface area contributed by atoms with Crippen LogP contribution in [-0.2, 0) is 62.3 Å².